The molecule has 0 radical (unpaired) electrons. The zero-order chi connectivity index (χ0) is 17.5. The number of amides is 1. The number of rotatable bonds is 7. The fourth-order valence-electron chi connectivity index (χ4n) is 1.82. The second-order valence-electron chi connectivity index (χ2n) is 4.88. The van der Waals surface area contributed by atoms with Gasteiger partial charge in [-0.3, -0.25) is 9.59 Å². The van der Waals surface area contributed by atoms with E-state index in [-0.39, 0.29) is 17.3 Å². The third-order valence-electron chi connectivity index (χ3n) is 2.91. The highest BCUT2D eigenvalue weighted by atomic mass is 32.2. The number of hydrogen-bond acceptors (Lipinski definition) is 6. The Morgan fingerprint density at radius 2 is 2.33 bits per heavy atom. The number of ether oxygens (including phenoxy) is 1. The molecule has 2 N–H and O–H groups in total. The molecule has 128 valence electrons. The quantitative estimate of drug-likeness (QED) is 0.577. The molecule has 0 bridgehead atoms. The molecule has 1 aromatic rings. The van der Waals surface area contributed by atoms with Gasteiger partial charge in [-0.2, -0.15) is 5.10 Å². The van der Waals surface area contributed by atoms with Gasteiger partial charge in [0.15, 0.2) is 16.7 Å². The monoisotopic (exact) mass is 353 g/mol. The van der Waals surface area contributed by atoms with E-state index in [0.29, 0.717) is 12.2 Å². The lowest BCUT2D eigenvalue weighted by Gasteiger charge is -2.06. The van der Waals surface area contributed by atoms with E-state index < -0.39 is 22.9 Å². The molecular formula is C15H16FN3O4S. The van der Waals surface area contributed by atoms with Crippen molar-refractivity contribution in [3.8, 4) is 5.75 Å². The Balaban J connectivity index is 2.01. The van der Waals surface area contributed by atoms with Gasteiger partial charge >= 0.3 is 5.97 Å². The molecule has 1 fully saturated rings. The standard InChI is InChI=1S/C15H16FN3O4S/c1-2-5-23-11-6-9(3-4-10(11)16)8-17-19-15-18-14(22)12(24-15)7-13(20)21/h3-4,6,8,12H,2,5,7H2,1H3,(H,20,21)(H,18,19,22). The number of benzene rings is 1. The largest absolute Gasteiger partial charge is 0.491 e. The van der Waals surface area contributed by atoms with E-state index in [0.717, 1.165) is 18.2 Å². The molecule has 1 aliphatic rings. The molecule has 0 spiro atoms. The Morgan fingerprint density at radius 1 is 1.54 bits per heavy atom. The molecule has 0 aliphatic carbocycles. The summed E-state index contributed by atoms with van der Waals surface area (Å²) in [6.07, 6.45) is 1.87. The van der Waals surface area contributed by atoms with Crippen molar-refractivity contribution < 1.29 is 23.8 Å². The highest BCUT2D eigenvalue weighted by molar-refractivity contribution is 8.15. The van der Waals surface area contributed by atoms with Crippen LogP contribution in [0.25, 0.3) is 0 Å². The second kappa shape index (κ2) is 8.44. The van der Waals surface area contributed by atoms with Crippen LogP contribution in [0.15, 0.2) is 28.4 Å². The molecule has 1 saturated heterocycles. The van der Waals surface area contributed by atoms with E-state index >= 15 is 0 Å². The van der Waals surface area contributed by atoms with Gasteiger partial charge in [-0.05, 0) is 24.1 Å². The van der Waals surface area contributed by atoms with E-state index in [4.69, 9.17) is 9.84 Å². The summed E-state index contributed by atoms with van der Waals surface area (Å²) in [6, 6.07) is 4.29. The average Bonchev–Trinajstić information content (AvgIpc) is 2.87. The highest BCUT2D eigenvalue weighted by Gasteiger charge is 2.32. The van der Waals surface area contributed by atoms with Crippen molar-refractivity contribution in [2.75, 3.05) is 6.61 Å². The predicted octanol–water partition coefficient (Wildman–Crippen LogP) is 2.01. The molecule has 1 unspecified atom stereocenters. The van der Waals surface area contributed by atoms with Crippen molar-refractivity contribution in [3.63, 3.8) is 0 Å². The van der Waals surface area contributed by atoms with E-state index in [2.05, 4.69) is 15.5 Å². The van der Waals surface area contributed by atoms with Crippen molar-refractivity contribution in [2.24, 2.45) is 10.2 Å². The SMILES string of the molecule is CCCOc1cc(C=NN=C2NC(=O)C(CC(=O)O)S2)ccc1F. The minimum Gasteiger partial charge on any atom is -0.491 e. The van der Waals surface area contributed by atoms with Crippen LogP contribution < -0.4 is 10.1 Å². The van der Waals surface area contributed by atoms with Gasteiger partial charge in [0.1, 0.15) is 5.25 Å². The van der Waals surface area contributed by atoms with Gasteiger partial charge in [0.25, 0.3) is 0 Å². The fourth-order valence-corrected chi connectivity index (χ4v) is 2.73. The van der Waals surface area contributed by atoms with Crippen molar-refractivity contribution >= 4 is 35.0 Å². The van der Waals surface area contributed by atoms with Crippen LogP contribution in [0.5, 0.6) is 5.75 Å². The number of carboxylic acid groups (broad SMARTS) is 1. The Bertz CT molecular complexity index is 693. The van der Waals surface area contributed by atoms with Gasteiger partial charge in [-0.1, -0.05) is 24.8 Å². The van der Waals surface area contributed by atoms with Crippen LogP contribution in [0, 0.1) is 5.82 Å². The Hall–Kier alpha value is -2.42. The number of thioether (sulfide) groups is 1. The molecule has 7 nitrogen and oxygen atoms in total. The number of halogens is 1. The number of hydrogen-bond donors (Lipinski definition) is 2. The average molecular weight is 353 g/mol. The fraction of sp³-hybridized carbons (Fsp3) is 0.333. The number of amidine groups is 1. The summed E-state index contributed by atoms with van der Waals surface area (Å²) in [5.41, 5.74) is 0.586. The normalized spacial score (nSPS) is 19.0. The molecular weight excluding hydrogens is 337 g/mol. The third kappa shape index (κ3) is 5.05. The molecule has 1 aromatic carbocycles. The maximum atomic E-state index is 13.6. The third-order valence-corrected chi connectivity index (χ3v) is 3.98. The van der Waals surface area contributed by atoms with Gasteiger partial charge in [-0.15, -0.1) is 5.10 Å². The van der Waals surface area contributed by atoms with Crippen molar-refractivity contribution in [1.29, 1.82) is 0 Å². The molecule has 0 aromatic heterocycles. The molecule has 9 heteroatoms. The van der Waals surface area contributed by atoms with Gasteiger partial charge < -0.3 is 15.2 Å². The van der Waals surface area contributed by atoms with Crippen LogP contribution in [0.3, 0.4) is 0 Å². The molecule has 0 saturated carbocycles. The van der Waals surface area contributed by atoms with Crippen LogP contribution in [0.2, 0.25) is 0 Å². The first-order valence-electron chi connectivity index (χ1n) is 7.22. The smallest absolute Gasteiger partial charge is 0.305 e. The number of carbonyl (C=O) groups is 2. The molecule has 1 amide bonds. The first kappa shape index (κ1) is 17.9. The summed E-state index contributed by atoms with van der Waals surface area (Å²) >= 11 is 1.01. The second-order valence-corrected chi connectivity index (χ2v) is 6.07. The van der Waals surface area contributed by atoms with E-state index in [1.165, 1.54) is 24.4 Å². The highest BCUT2D eigenvalue weighted by Crippen LogP contribution is 2.22. The number of nitrogens with zero attached hydrogens (tertiary/aromatic N) is 2. The molecule has 1 heterocycles. The Morgan fingerprint density at radius 3 is 3.04 bits per heavy atom. The zero-order valence-electron chi connectivity index (χ0n) is 12.9. The molecule has 1 aliphatic heterocycles. The van der Waals surface area contributed by atoms with E-state index in [9.17, 15) is 14.0 Å². The summed E-state index contributed by atoms with van der Waals surface area (Å²) in [5.74, 6) is -1.78. The van der Waals surface area contributed by atoms with Gasteiger partial charge in [0, 0.05) is 0 Å². The topological polar surface area (TPSA) is 100 Å². The Kier molecular flexibility index (Phi) is 6.30. The van der Waals surface area contributed by atoms with Gasteiger partial charge in [0.05, 0.1) is 19.2 Å². The van der Waals surface area contributed by atoms with Crippen LogP contribution >= 0.6 is 11.8 Å². The maximum absolute atomic E-state index is 13.6. The first-order valence-corrected chi connectivity index (χ1v) is 8.10. The maximum Gasteiger partial charge on any atom is 0.305 e. The summed E-state index contributed by atoms with van der Waals surface area (Å²) in [4.78, 5) is 22.2. The predicted molar refractivity (Wildman–Crippen MR) is 89.0 cm³/mol. The van der Waals surface area contributed by atoms with Gasteiger partial charge in [-0.25, -0.2) is 4.39 Å². The summed E-state index contributed by atoms with van der Waals surface area (Å²) < 4.78 is 18.8. The lowest BCUT2D eigenvalue weighted by Crippen LogP contribution is -2.26. The minimum atomic E-state index is -1.06. The van der Waals surface area contributed by atoms with Gasteiger partial charge in [0.2, 0.25) is 5.91 Å². The number of aliphatic carboxylic acids is 1. The Labute approximate surface area is 142 Å². The summed E-state index contributed by atoms with van der Waals surface area (Å²) in [6.45, 7) is 2.33. The van der Waals surface area contributed by atoms with Crippen molar-refractivity contribution in [2.45, 2.75) is 25.0 Å². The van der Waals surface area contributed by atoms with E-state index in [1.807, 2.05) is 6.92 Å². The molecule has 2 rings (SSSR count). The van der Waals surface area contributed by atoms with E-state index in [1.54, 1.807) is 0 Å². The van der Waals surface area contributed by atoms with Crippen LogP contribution in [-0.2, 0) is 9.59 Å². The lowest BCUT2D eigenvalue weighted by atomic mass is 10.2. The van der Waals surface area contributed by atoms with Crippen LogP contribution in [0.1, 0.15) is 25.3 Å². The number of carboxylic acids is 1. The number of carbonyl (C=O) groups excluding carboxylic acids is 1. The van der Waals surface area contributed by atoms with Crippen molar-refractivity contribution in [3.05, 3.63) is 29.6 Å². The summed E-state index contributed by atoms with van der Waals surface area (Å²) in [5, 5.41) is 18.3. The van der Waals surface area contributed by atoms with Crippen molar-refractivity contribution in [1.82, 2.24) is 5.32 Å². The van der Waals surface area contributed by atoms with Crippen LogP contribution in [-0.4, -0.2) is 40.2 Å². The number of nitrogens with one attached hydrogen (secondary N) is 1. The minimum absolute atomic E-state index is 0.138. The zero-order valence-corrected chi connectivity index (χ0v) is 13.7. The molecule has 1 atom stereocenters. The summed E-state index contributed by atoms with van der Waals surface area (Å²) in [7, 11) is 0. The lowest BCUT2D eigenvalue weighted by molar-refractivity contribution is -0.138. The first-order chi connectivity index (χ1) is 11.5. The molecule has 24 heavy (non-hydrogen) atoms. The van der Waals surface area contributed by atoms with Crippen LogP contribution in [0.4, 0.5) is 4.39 Å².